The molecule has 0 spiro atoms. The first kappa shape index (κ1) is 20.4. The van der Waals surface area contributed by atoms with Crippen molar-refractivity contribution in [3.8, 4) is 16.2 Å². The molecular weight excluding hydrogens is 404 g/mol. The minimum atomic E-state index is -0.250. The van der Waals surface area contributed by atoms with Crippen LogP contribution in [-0.2, 0) is 4.79 Å². The Balaban J connectivity index is 0.000000687. The van der Waals surface area contributed by atoms with Gasteiger partial charge in [0.15, 0.2) is 5.69 Å². The van der Waals surface area contributed by atoms with E-state index in [1.54, 1.807) is 18.4 Å². The Bertz CT molecular complexity index is 1030. The molecule has 30 heavy (non-hydrogen) atoms. The maximum Gasteiger partial charge on any atom is 0.290 e. The van der Waals surface area contributed by atoms with E-state index in [1.165, 1.54) is 12.8 Å². The van der Waals surface area contributed by atoms with Gasteiger partial charge in [-0.2, -0.15) is 5.10 Å². The molecule has 0 radical (unpaired) electrons. The lowest BCUT2D eigenvalue weighted by molar-refractivity contribution is -0.122. The highest BCUT2D eigenvalue weighted by Gasteiger charge is 2.35. The van der Waals surface area contributed by atoms with Gasteiger partial charge in [-0.15, -0.1) is 11.3 Å². The molecule has 3 saturated heterocycles. The summed E-state index contributed by atoms with van der Waals surface area (Å²) in [5, 5.41) is 20.4. The van der Waals surface area contributed by atoms with Crippen molar-refractivity contribution >= 4 is 34.6 Å². The summed E-state index contributed by atoms with van der Waals surface area (Å²) in [5.41, 5.74) is 2.22. The van der Waals surface area contributed by atoms with Gasteiger partial charge in [0.2, 0.25) is 0 Å². The standard InChI is InChI=1S/C20H22N4O2S.CH2O2/c1-26-15-5-4-13-17(18(15)16-3-2-10-27-16)19(23-22-13)20(25)21-14-11-24-8-6-12(14)7-9-24;2-1-3/h2-5,10,12,14H,6-9,11H2,1H3,(H,21,25)(H,22,23);1H,(H,2,3)/t14-;/m0./s1. The minimum Gasteiger partial charge on any atom is -0.496 e. The molecule has 1 atom stereocenters. The zero-order valence-electron chi connectivity index (χ0n) is 16.6. The number of aromatic nitrogens is 2. The fourth-order valence-corrected chi connectivity index (χ4v) is 5.24. The smallest absolute Gasteiger partial charge is 0.290 e. The quantitative estimate of drug-likeness (QED) is 0.552. The highest BCUT2D eigenvalue weighted by Crippen LogP contribution is 2.40. The second-order valence-corrected chi connectivity index (χ2v) is 8.39. The van der Waals surface area contributed by atoms with Crippen LogP contribution in [0, 0.1) is 5.92 Å². The fraction of sp³-hybridized carbons (Fsp3) is 0.381. The summed E-state index contributed by atoms with van der Waals surface area (Å²) in [6.45, 7) is 3.00. The molecule has 5 heterocycles. The molecule has 3 fully saturated rings. The number of thiophene rings is 1. The van der Waals surface area contributed by atoms with Crippen LogP contribution in [-0.4, -0.2) is 65.4 Å². The summed E-state index contributed by atoms with van der Waals surface area (Å²) in [5.74, 6) is 1.23. The van der Waals surface area contributed by atoms with E-state index < -0.39 is 0 Å². The lowest BCUT2D eigenvalue weighted by atomic mass is 9.84. The molecular formula is C21H24N4O4S. The van der Waals surface area contributed by atoms with Crippen molar-refractivity contribution in [3.63, 3.8) is 0 Å². The third-order valence-electron chi connectivity index (χ3n) is 5.87. The number of piperidine rings is 3. The Morgan fingerprint density at radius 1 is 1.37 bits per heavy atom. The van der Waals surface area contributed by atoms with Gasteiger partial charge in [-0.1, -0.05) is 6.07 Å². The maximum absolute atomic E-state index is 13.1. The van der Waals surface area contributed by atoms with E-state index in [1.807, 2.05) is 29.6 Å². The molecule has 2 aromatic heterocycles. The summed E-state index contributed by atoms with van der Waals surface area (Å²) < 4.78 is 5.60. The molecule has 3 N–H and O–H groups in total. The third-order valence-corrected chi connectivity index (χ3v) is 6.75. The second-order valence-electron chi connectivity index (χ2n) is 7.44. The molecule has 3 aliphatic heterocycles. The average molecular weight is 429 g/mol. The molecule has 1 amide bonds. The van der Waals surface area contributed by atoms with Crippen molar-refractivity contribution in [3.05, 3.63) is 35.3 Å². The second kappa shape index (κ2) is 8.85. The molecule has 0 saturated carbocycles. The third kappa shape index (κ3) is 3.78. The number of nitrogens with zero attached hydrogens (tertiary/aromatic N) is 2. The molecule has 6 rings (SSSR count). The number of carboxylic acid groups (broad SMARTS) is 1. The van der Waals surface area contributed by atoms with Gasteiger partial charge in [0, 0.05) is 28.4 Å². The van der Waals surface area contributed by atoms with E-state index in [-0.39, 0.29) is 18.4 Å². The van der Waals surface area contributed by atoms with E-state index >= 15 is 0 Å². The van der Waals surface area contributed by atoms with Crippen LogP contribution in [0.3, 0.4) is 0 Å². The zero-order chi connectivity index (χ0) is 21.1. The van der Waals surface area contributed by atoms with Crippen LogP contribution in [0.1, 0.15) is 23.3 Å². The number of fused-ring (bicyclic) bond motifs is 4. The van der Waals surface area contributed by atoms with Gasteiger partial charge in [0.05, 0.1) is 12.6 Å². The lowest BCUT2D eigenvalue weighted by Crippen LogP contribution is -2.57. The molecule has 0 aliphatic carbocycles. The predicted octanol–water partition coefficient (Wildman–Crippen LogP) is 2.82. The summed E-state index contributed by atoms with van der Waals surface area (Å²) in [6.07, 6.45) is 2.33. The van der Waals surface area contributed by atoms with Crippen molar-refractivity contribution in [2.75, 3.05) is 26.7 Å². The van der Waals surface area contributed by atoms with Gasteiger partial charge >= 0.3 is 0 Å². The van der Waals surface area contributed by atoms with Gasteiger partial charge in [0.25, 0.3) is 12.4 Å². The molecule has 1 aromatic carbocycles. The number of aromatic amines is 1. The van der Waals surface area contributed by atoms with E-state index in [9.17, 15) is 4.79 Å². The topological polar surface area (TPSA) is 108 Å². The number of hydrogen-bond acceptors (Lipinski definition) is 6. The fourth-order valence-electron chi connectivity index (χ4n) is 4.46. The van der Waals surface area contributed by atoms with Gasteiger partial charge in [0.1, 0.15) is 5.75 Å². The Hall–Kier alpha value is -2.91. The van der Waals surface area contributed by atoms with Gasteiger partial charge in [-0.05, 0) is 55.4 Å². The molecule has 0 unspecified atom stereocenters. The van der Waals surface area contributed by atoms with E-state index in [0.29, 0.717) is 11.6 Å². The van der Waals surface area contributed by atoms with Crippen molar-refractivity contribution in [1.82, 2.24) is 20.4 Å². The number of ether oxygens (including phenoxy) is 1. The van der Waals surface area contributed by atoms with E-state index in [4.69, 9.17) is 14.6 Å². The average Bonchev–Trinajstić information content (AvgIpc) is 3.44. The summed E-state index contributed by atoms with van der Waals surface area (Å²) >= 11 is 1.63. The molecule has 3 aliphatic rings. The van der Waals surface area contributed by atoms with E-state index in [2.05, 4.69) is 20.4 Å². The number of benzene rings is 1. The van der Waals surface area contributed by atoms with Crippen molar-refractivity contribution in [1.29, 1.82) is 0 Å². The largest absolute Gasteiger partial charge is 0.496 e. The molecule has 2 bridgehead atoms. The maximum atomic E-state index is 13.1. The van der Waals surface area contributed by atoms with Crippen LogP contribution in [0.15, 0.2) is 29.6 Å². The van der Waals surface area contributed by atoms with Crippen LogP contribution in [0.5, 0.6) is 5.75 Å². The molecule has 3 aromatic rings. The van der Waals surface area contributed by atoms with Crippen molar-refractivity contribution in [2.45, 2.75) is 18.9 Å². The number of carbonyl (C=O) groups is 2. The lowest BCUT2D eigenvalue weighted by Gasteiger charge is -2.44. The van der Waals surface area contributed by atoms with Gasteiger partial charge < -0.3 is 20.1 Å². The zero-order valence-corrected chi connectivity index (χ0v) is 17.4. The van der Waals surface area contributed by atoms with Crippen LogP contribution in [0.25, 0.3) is 21.3 Å². The molecule has 158 valence electrons. The number of methoxy groups -OCH3 is 1. The first-order valence-electron chi connectivity index (χ1n) is 9.86. The van der Waals surface area contributed by atoms with Crippen LogP contribution >= 0.6 is 11.3 Å². The highest BCUT2D eigenvalue weighted by molar-refractivity contribution is 7.13. The van der Waals surface area contributed by atoms with Crippen LogP contribution in [0.4, 0.5) is 0 Å². The number of H-pyrrole nitrogens is 1. The summed E-state index contributed by atoms with van der Waals surface area (Å²) in [6, 6.07) is 8.10. The van der Waals surface area contributed by atoms with Crippen molar-refractivity contribution < 1.29 is 19.4 Å². The van der Waals surface area contributed by atoms with Crippen LogP contribution < -0.4 is 10.1 Å². The minimum absolute atomic E-state index is 0.106. The first-order valence-corrected chi connectivity index (χ1v) is 10.7. The number of rotatable bonds is 4. The van der Waals surface area contributed by atoms with Crippen molar-refractivity contribution in [2.24, 2.45) is 5.92 Å². The van der Waals surface area contributed by atoms with E-state index in [0.717, 1.165) is 46.7 Å². The number of nitrogens with one attached hydrogen (secondary N) is 2. The number of hydrogen-bond donors (Lipinski definition) is 3. The van der Waals surface area contributed by atoms with Crippen LogP contribution in [0.2, 0.25) is 0 Å². The number of carbonyl (C=O) groups excluding carboxylic acids is 1. The van der Waals surface area contributed by atoms with Gasteiger partial charge in [-0.3, -0.25) is 14.7 Å². The predicted molar refractivity (Wildman–Crippen MR) is 115 cm³/mol. The highest BCUT2D eigenvalue weighted by atomic mass is 32.1. The SMILES string of the molecule is COc1ccc2[nH]nc(C(=O)N[C@H]3CN4CCC3CC4)c2c1-c1cccs1.O=CO. The molecule has 9 heteroatoms. The monoisotopic (exact) mass is 428 g/mol. The normalized spacial score (nSPS) is 22.2. The first-order chi connectivity index (χ1) is 14.7. The Morgan fingerprint density at radius 3 is 2.73 bits per heavy atom. The molecule has 8 nitrogen and oxygen atoms in total. The Kier molecular flexibility index (Phi) is 6.01. The van der Waals surface area contributed by atoms with Gasteiger partial charge in [-0.25, -0.2) is 0 Å². The summed E-state index contributed by atoms with van der Waals surface area (Å²) in [4.78, 5) is 25.0. The number of amides is 1. The Labute approximate surface area is 177 Å². The summed E-state index contributed by atoms with van der Waals surface area (Å²) in [7, 11) is 1.66. The Morgan fingerprint density at radius 2 is 2.13 bits per heavy atom.